The summed E-state index contributed by atoms with van der Waals surface area (Å²) in [6.45, 7) is 12.7. The van der Waals surface area contributed by atoms with Gasteiger partial charge in [0.05, 0.1) is 0 Å². The van der Waals surface area contributed by atoms with Gasteiger partial charge in [-0.25, -0.2) is 0 Å². The molecule has 0 saturated heterocycles. The average Bonchev–Trinajstić information content (AvgIpc) is 2.44. The first-order valence-corrected chi connectivity index (χ1v) is 8.69. The number of fused-ring (bicyclic) bond motifs is 1. The lowest BCUT2D eigenvalue weighted by molar-refractivity contribution is 0.287. The van der Waals surface area contributed by atoms with Crippen LogP contribution in [0.2, 0.25) is 0 Å². The van der Waals surface area contributed by atoms with Crippen LogP contribution in [0.5, 0.6) is 0 Å². The van der Waals surface area contributed by atoms with Crippen molar-refractivity contribution in [1.82, 2.24) is 5.32 Å². The molecule has 0 aromatic heterocycles. The van der Waals surface area contributed by atoms with Crippen LogP contribution in [0.3, 0.4) is 0 Å². The van der Waals surface area contributed by atoms with Crippen molar-refractivity contribution in [1.29, 1.82) is 0 Å². The maximum absolute atomic E-state index is 3.66. The van der Waals surface area contributed by atoms with Crippen molar-refractivity contribution in [3.8, 4) is 0 Å². The third-order valence-corrected chi connectivity index (χ3v) is 5.08. The van der Waals surface area contributed by atoms with Gasteiger partial charge in [0.2, 0.25) is 0 Å². The van der Waals surface area contributed by atoms with E-state index in [1.54, 1.807) is 11.1 Å². The molecule has 3 atom stereocenters. The maximum atomic E-state index is 3.66. The predicted molar refractivity (Wildman–Crippen MR) is 92.8 cm³/mol. The Kier molecular flexibility index (Phi) is 5.48. The van der Waals surface area contributed by atoms with E-state index in [0.29, 0.717) is 0 Å². The summed E-state index contributed by atoms with van der Waals surface area (Å²) in [4.78, 5) is 0. The first-order chi connectivity index (χ1) is 9.87. The normalized spacial score (nSPS) is 21.7. The molecule has 0 amide bonds. The highest BCUT2D eigenvalue weighted by molar-refractivity contribution is 5.32. The molecule has 1 N–H and O–H groups in total. The van der Waals surface area contributed by atoms with E-state index < -0.39 is 0 Å². The van der Waals surface area contributed by atoms with Crippen molar-refractivity contribution >= 4 is 0 Å². The van der Waals surface area contributed by atoms with Crippen molar-refractivity contribution < 1.29 is 0 Å². The number of aryl methyl sites for hydroxylation is 1. The van der Waals surface area contributed by atoms with Gasteiger partial charge in [-0.1, -0.05) is 38.1 Å². The van der Waals surface area contributed by atoms with Gasteiger partial charge in [0, 0.05) is 5.54 Å². The fourth-order valence-electron chi connectivity index (χ4n) is 3.45. The third kappa shape index (κ3) is 4.85. The molecule has 0 radical (unpaired) electrons. The summed E-state index contributed by atoms with van der Waals surface area (Å²) in [7, 11) is 0. The van der Waals surface area contributed by atoms with Crippen LogP contribution < -0.4 is 5.32 Å². The monoisotopic (exact) mass is 287 g/mol. The molecule has 1 aromatic rings. The summed E-state index contributed by atoms with van der Waals surface area (Å²) in [6, 6.07) is 9.10. The molecule has 1 aromatic carbocycles. The fourth-order valence-corrected chi connectivity index (χ4v) is 3.45. The summed E-state index contributed by atoms with van der Waals surface area (Å²) in [6.07, 6.45) is 5.36. The maximum Gasteiger partial charge on any atom is 0.00966 e. The van der Waals surface area contributed by atoms with Gasteiger partial charge in [0.15, 0.2) is 0 Å². The zero-order chi connectivity index (χ0) is 15.5. The van der Waals surface area contributed by atoms with Crippen molar-refractivity contribution in [2.75, 3.05) is 6.54 Å². The second-order valence-corrected chi connectivity index (χ2v) is 8.11. The van der Waals surface area contributed by atoms with Gasteiger partial charge >= 0.3 is 0 Å². The van der Waals surface area contributed by atoms with Gasteiger partial charge < -0.3 is 5.32 Å². The SMILES string of the molecule is CC(CNC(C)(C)C)C(C)CC1CCCc2ccccc21. The third-order valence-electron chi connectivity index (χ3n) is 5.08. The molecule has 118 valence electrons. The van der Waals surface area contributed by atoms with E-state index in [1.165, 1.54) is 25.7 Å². The number of hydrogen-bond donors (Lipinski definition) is 1. The Labute approximate surface area is 131 Å². The van der Waals surface area contributed by atoms with Crippen LogP contribution in [0.1, 0.15) is 70.9 Å². The van der Waals surface area contributed by atoms with Crippen LogP contribution in [0.15, 0.2) is 24.3 Å². The Hall–Kier alpha value is -0.820. The fraction of sp³-hybridized carbons (Fsp3) is 0.700. The molecule has 0 bridgehead atoms. The molecule has 0 saturated carbocycles. The number of benzene rings is 1. The molecule has 1 aliphatic rings. The molecule has 2 rings (SSSR count). The van der Waals surface area contributed by atoms with Gasteiger partial charge in [-0.15, -0.1) is 0 Å². The Morgan fingerprint density at radius 3 is 2.57 bits per heavy atom. The van der Waals surface area contributed by atoms with Crippen molar-refractivity contribution in [2.45, 2.75) is 71.8 Å². The molecule has 1 heteroatoms. The highest BCUT2D eigenvalue weighted by Crippen LogP contribution is 2.37. The standard InChI is InChI=1S/C20H33N/c1-15(16(2)14-21-20(3,4)5)13-18-11-8-10-17-9-6-7-12-19(17)18/h6-7,9,12,15-16,18,21H,8,10-11,13-14H2,1-5H3. The van der Waals surface area contributed by atoms with Crippen LogP contribution in [0, 0.1) is 11.8 Å². The molecule has 21 heavy (non-hydrogen) atoms. The van der Waals surface area contributed by atoms with E-state index in [-0.39, 0.29) is 5.54 Å². The number of nitrogens with one attached hydrogen (secondary N) is 1. The lowest BCUT2D eigenvalue weighted by Crippen LogP contribution is -2.40. The topological polar surface area (TPSA) is 12.0 Å². The van der Waals surface area contributed by atoms with E-state index in [0.717, 1.165) is 24.3 Å². The second-order valence-electron chi connectivity index (χ2n) is 8.11. The van der Waals surface area contributed by atoms with Crippen LogP contribution in [-0.2, 0) is 6.42 Å². The van der Waals surface area contributed by atoms with Gasteiger partial charge in [-0.2, -0.15) is 0 Å². The molecular weight excluding hydrogens is 254 g/mol. The molecule has 0 heterocycles. The van der Waals surface area contributed by atoms with Gasteiger partial charge in [0.25, 0.3) is 0 Å². The van der Waals surface area contributed by atoms with Crippen LogP contribution in [-0.4, -0.2) is 12.1 Å². The Balaban J connectivity index is 1.93. The van der Waals surface area contributed by atoms with Crippen LogP contribution >= 0.6 is 0 Å². The molecule has 0 fully saturated rings. The minimum absolute atomic E-state index is 0.228. The quantitative estimate of drug-likeness (QED) is 0.789. The highest BCUT2D eigenvalue weighted by Gasteiger charge is 2.24. The number of hydrogen-bond acceptors (Lipinski definition) is 1. The van der Waals surface area contributed by atoms with Crippen LogP contribution in [0.4, 0.5) is 0 Å². The second kappa shape index (κ2) is 6.96. The van der Waals surface area contributed by atoms with Gasteiger partial charge in [0.1, 0.15) is 0 Å². The predicted octanol–water partition coefficient (Wildman–Crippen LogP) is 5.16. The van der Waals surface area contributed by atoms with E-state index in [1.807, 2.05) is 0 Å². The minimum atomic E-state index is 0.228. The zero-order valence-corrected chi connectivity index (χ0v) is 14.6. The Bertz CT molecular complexity index is 443. The van der Waals surface area contributed by atoms with Gasteiger partial charge in [-0.3, -0.25) is 0 Å². The molecule has 3 unspecified atom stereocenters. The summed E-state index contributed by atoms with van der Waals surface area (Å²) in [5.41, 5.74) is 3.46. The smallest absolute Gasteiger partial charge is 0.00966 e. The molecule has 1 nitrogen and oxygen atoms in total. The van der Waals surface area contributed by atoms with Crippen molar-refractivity contribution in [3.05, 3.63) is 35.4 Å². The highest BCUT2D eigenvalue weighted by atomic mass is 14.9. The lowest BCUT2D eigenvalue weighted by Gasteiger charge is -2.31. The van der Waals surface area contributed by atoms with E-state index >= 15 is 0 Å². The zero-order valence-electron chi connectivity index (χ0n) is 14.6. The van der Waals surface area contributed by atoms with E-state index in [4.69, 9.17) is 0 Å². The summed E-state index contributed by atoms with van der Waals surface area (Å²) in [5, 5.41) is 3.66. The lowest BCUT2D eigenvalue weighted by atomic mass is 9.76. The van der Waals surface area contributed by atoms with E-state index in [9.17, 15) is 0 Å². The first kappa shape index (κ1) is 16.5. The van der Waals surface area contributed by atoms with Gasteiger partial charge in [-0.05, 0) is 81.9 Å². The summed E-state index contributed by atoms with van der Waals surface area (Å²) >= 11 is 0. The summed E-state index contributed by atoms with van der Waals surface area (Å²) in [5.74, 6) is 2.29. The molecule has 1 aliphatic carbocycles. The number of rotatable bonds is 5. The molecular formula is C20H33N. The Morgan fingerprint density at radius 1 is 1.14 bits per heavy atom. The summed E-state index contributed by atoms with van der Waals surface area (Å²) < 4.78 is 0. The minimum Gasteiger partial charge on any atom is -0.312 e. The van der Waals surface area contributed by atoms with Crippen LogP contribution in [0.25, 0.3) is 0 Å². The largest absolute Gasteiger partial charge is 0.312 e. The molecule has 0 aliphatic heterocycles. The Morgan fingerprint density at radius 2 is 1.86 bits per heavy atom. The van der Waals surface area contributed by atoms with Crippen molar-refractivity contribution in [3.63, 3.8) is 0 Å². The average molecular weight is 287 g/mol. The van der Waals surface area contributed by atoms with E-state index in [2.05, 4.69) is 64.2 Å². The van der Waals surface area contributed by atoms with Crippen molar-refractivity contribution in [2.24, 2.45) is 11.8 Å². The first-order valence-electron chi connectivity index (χ1n) is 8.69. The molecule has 0 spiro atoms.